The standard InChI is InChI=1S/C22H28N6O3S/c1-4-26-8-10-27(11-9-26)22-25-20-19(32-22)21(30)28(14-23-20)13-18(29)24-15(2)16-6-5-7-17(12-16)31-3/h5-7,12,14-15H,4,8-11,13H2,1-3H3,(H,24,29)/t15-/m1/s1. The lowest BCUT2D eigenvalue weighted by Crippen LogP contribution is -2.46. The topological polar surface area (TPSA) is 92.6 Å². The van der Waals surface area contributed by atoms with Gasteiger partial charge in [0.1, 0.15) is 23.3 Å². The van der Waals surface area contributed by atoms with E-state index in [4.69, 9.17) is 4.74 Å². The van der Waals surface area contributed by atoms with Gasteiger partial charge in [-0.25, -0.2) is 4.98 Å². The van der Waals surface area contributed by atoms with Crippen LogP contribution in [0.2, 0.25) is 0 Å². The van der Waals surface area contributed by atoms with Gasteiger partial charge >= 0.3 is 0 Å². The van der Waals surface area contributed by atoms with Gasteiger partial charge in [0.15, 0.2) is 10.8 Å². The molecule has 10 heteroatoms. The molecule has 1 atom stereocenters. The highest BCUT2D eigenvalue weighted by atomic mass is 32.1. The predicted octanol–water partition coefficient (Wildman–Crippen LogP) is 1.88. The van der Waals surface area contributed by atoms with E-state index in [2.05, 4.69) is 32.0 Å². The van der Waals surface area contributed by atoms with Gasteiger partial charge in [0, 0.05) is 26.2 Å². The molecule has 2 aromatic heterocycles. The number of piperazine rings is 1. The number of benzene rings is 1. The normalized spacial score (nSPS) is 15.7. The number of anilines is 1. The van der Waals surface area contributed by atoms with Gasteiger partial charge in [-0.05, 0) is 31.2 Å². The molecule has 0 saturated carbocycles. The van der Waals surface area contributed by atoms with Crippen LogP contribution in [0.1, 0.15) is 25.5 Å². The quantitative estimate of drug-likeness (QED) is 0.580. The first-order chi connectivity index (χ1) is 15.5. The van der Waals surface area contributed by atoms with E-state index in [0.29, 0.717) is 10.3 Å². The van der Waals surface area contributed by atoms with Gasteiger partial charge in [-0.2, -0.15) is 4.98 Å². The molecule has 4 rings (SSSR count). The lowest BCUT2D eigenvalue weighted by atomic mass is 10.1. The van der Waals surface area contributed by atoms with E-state index in [-0.39, 0.29) is 24.1 Å². The molecule has 9 nitrogen and oxygen atoms in total. The van der Waals surface area contributed by atoms with Crippen LogP contribution in [0.5, 0.6) is 5.75 Å². The fraction of sp³-hybridized carbons (Fsp3) is 0.455. The molecular formula is C22H28N6O3S. The number of aromatic nitrogens is 3. The third kappa shape index (κ3) is 4.76. The molecule has 0 radical (unpaired) electrons. The Kier molecular flexibility index (Phi) is 6.71. The molecule has 0 bridgehead atoms. The number of likely N-dealkylation sites (N-methyl/N-ethyl adjacent to an activating group) is 1. The first kappa shape index (κ1) is 22.2. The Balaban J connectivity index is 1.45. The van der Waals surface area contributed by atoms with E-state index in [0.717, 1.165) is 49.2 Å². The fourth-order valence-electron chi connectivity index (χ4n) is 3.77. The van der Waals surface area contributed by atoms with Crippen molar-refractivity contribution in [1.29, 1.82) is 0 Å². The molecule has 0 unspecified atom stereocenters. The number of hydrogen-bond acceptors (Lipinski definition) is 8. The Labute approximate surface area is 190 Å². The molecule has 0 aliphatic carbocycles. The van der Waals surface area contributed by atoms with Crippen LogP contribution in [-0.2, 0) is 11.3 Å². The minimum atomic E-state index is -0.260. The molecule has 1 saturated heterocycles. The highest BCUT2D eigenvalue weighted by Gasteiger charge is 2.21. The molecular weight excluding hydrogens is 428 g/mol. The molecule has 3 heterocycles. The van der Waals surface area contributed by atoms with Crippen molar-refractivity contribution in [3.63, 3.8) is 0 Å². The summed E-state index contributed by atoms with van der Waals surface area (Å²) in [7, 11) is 1.61. The molecule has 32 heavy (non-hydrogen) atoms. The Hall–Kier alpha value is -2.98. The van der Waals surface area contributed by atoms with Gasteiger partial charge in [-0.3, -0.25) is 14.2 Å². The molecule has 1 amide bonds. The average Bonchev–Trinajstić information content (AvgIpc) is 3.26. The number of hydrogen-bond donors (Lipinski definition) is 1. The van der Waals surface area contributed by atoms with E-state index >= 15 is 0 Å². The molecule has 3 aromatic rings. The number of fused-ring (bicyclic) bond motifs is 1. The zero-order valence-electron chi connectivity index (χ0n) is 18.6. The maximum atomic E-state index is 13.0. The van der Waals surface area contributed by atoms with Gasteiger partial charge in [0.05, 0.1) is 13.2 Å². The monoisotopic (exact) mass is 456 g/mol. The highest BCUT2D eigenvalue weighted by molar-refractivity contribution is 7.22. The summed E-state index contributed by atoms with van der Waals surface area (Å²) >= 11 is 1.35. The lowest BCUT2D eigenvalue weighted by molar-refractivity contribution is -0.122. The number of carbonyl (C=O) groups excluding carboxylic acids is 1. The van der Waals surface area contributed by atoms with E-state index in [9.17, 15) is 9.59 Å². The van der Waals surface area contributed by atoms with Gasteiger partial charge in [-0.1, -0.05) is 30.4 Å². The van der Waals surface area contributed by atoms with E-state index < -0.39 is 0 Å². The zero-order valence-corrected chi connectivity index (χ0v) is 19.4. The Morgan fingerprint density at radius 2 is 2.06 bits per heavy atom. The molecule has 0 spiro atoms. The first-order valence-electron chi connectivity index (χ1n) is 10.7. The second-order valence-corrected chi connectivity index (χ2v) is 8.79. The SMILES string of the molecule is CCN1CCN(c2nc3ncn(CC(=O)N[C@H](C)c4cccc(OC)c4)c(=O)c3s2)CC1. The molecule has 1 aliphatic rings. The third-order valence-electron chi connectivity index (χ3n) is 5.75. The molecule has 170 valence electrons. The number of nitrogens with zero attached hydrogens (tertiary/aromatic N) is 5. The van der Waals surface area contributed by atoms with Crippen LogP contribution in [0.15, 0.2) is 35.4 Å². The summed E-state index contributed by atoms with van der Waals surface area (Å²) < 4.78 is 7.06. The van der Waals surface area contributed by atoms with Crippen molar-refractivity contribution in [3.8, 4) is 5.75 Å². The average molecular weight is 457 g/mol. The minimum Gasteiger partial charge on any atom is -0.497 e. The van der Waals surface area contributed by atoms with Gasteiger partial charge in [0.25, 0.3) is 5.56 Å². The van der Waals surface area contributed by atoms with E-state index in [1.165, 1.54) is 22.2 Å². The summed E-state index contributed by atoms with van der Waals surface area (Å²) in [5.74, 6) is 0.468. The summed E-state index contributed by atoms with van der Waals surface area (Å²) in [6.45, 7) is 8.72. The van der Waals surface area contributed by atoms with Crippen LogP contribution < -0.4 is 20.5 Å². The van der Waals surface area contributed by atoms with Gasteiger partial charge in [-0.15, -0.1) is 0 Å². The number of methoxy groups -OCH3 is 1. The number of ether oxygens (including phenoxy) is 1. The minimum absolute atomic E-state index is 0.0987. The Morgan fingerprint density at radius 1 is 1.28 bits per heavy atom. The summed E-state index contributed by atoms with van der Waals surface area (Å²) in [5, 5.41) is 3.74. The van der Waals surface area contributed by atoms with Crippen molar-refractivity contribution < 1.29 is 9.53 Å². The van der Waals surface area contributed by atoms with Crippen LogP contribution >= 0.6 is 11.3 Å². The van der Waals surface area contributed by atoms with Crippen LogP contribution in [0.3, 0.4) is 0 Å². The van der Waals surface area contributed by atoms with Crippen LogP contribution in [0.4, 0.5) is 5.13 Å². The first-order valence-corrected chi connectivity index (χ1v) is 11.6. The van der Waals surface area contributed by atoms with E-state index in [1.807, 2.05) is 31.2 Å². The molecule has 1 N–H and O–H groups in total. The van der Waals surface area contributed by atoms with E-state index in [1.54, 1.807) is 7.11 Å². The van der Waals surface area contributed by atoms with Crippen LogP contribution in [0, 0.1) is 0 Å². The predicted molar refractivity (Wildman–Crippen MR) is 126 cm³/mol. The number of amides is 1. The highest BCUT2D eigenvalue weighted by Crippen LogP contribution is 2.26. The number of thiazole rings is 1. The Morgan fingerprint density at radius 3 is 2.78 bits per heavy atom. The zero-order chi connectivity index (χ0) is 22.7. The number of rotatable bonds is 7. The lowest BCUT2D eigenvalue weighted by Gasteiger charge is -2.33. The largest absolute Gasteiger partial charge is 0.497 e. The summed E-state index contributed by atoms with van der Waals surface area (Å²) in [6.07, 6.45) is 1.40. The molecule has 1 aliphatic heterocycles. The second kappa shape index (κ2) is 9.66. The summed E-state index contributed by atoms with van der Waals surface area (Å²) in [4.78, 5) is 39.0. The fourth-order valence-corrected chi connectivity index (χ4v) is 4.80. The van der Waals surface area contributed by atoms with Crippen LogP contribution in [-0.4, -0.2) is 65.2 Å². The van der Waals surface area contributed by atoms with Crippen molar-refractivity contribution in [2.45, 2.75) is 26.4 Å². The van der Waals surface area contributed by atoms with Crippen molar-refractivity contribution in [1.82, 2.24) is 24.8 Å². The number of carbonyl (C=O) groups is 1. The smallest absolute Gasteiger partial charge is 0.273 e. The Bertz CT molecular complexity index is 1150. The molecule has 1 fully saturated rings. The summed E-state index contributed by atoms with van der Waals surface area (Å²) in [6, 6.07) is 7.31. The van der Waals surface area contributed by atoms with Crippen molar-refractivity contribution in [3.05, 3.63) is 46.5 Å². The molecule has 1 aromatic carbocycles. The van der Waals surface area contributed by atoms with Gasteiger partial charge in [0.2, 0.25) is 5.91 Å². The maximum Gasteiger partial charge on any atom is 0.273 e. The second-order valence-electron chi connectivity index (χ2n) is 7.81. The summed E-state index contributed by atoms with van der Waals surface area (Å²) in [5.41, 5.74) is 1.12. The van der Waals surface area contributed by atoms with Crippen LogP contribution in [0.25, 0.3) is 10.3 Å². The van der Waals surface area contributed by atoms with Crippen molar-refractivity contribution >= 4 is 32.7 Å². The number of nitrogens with one attached hydrogen (secondary N) is 1. The maximum absolute atomic E-state index is 13.0. The van der Waals surface area contributed by atoms with Crippen molar-refractivity contribution in [2.75, 3.05) is 44.7 Å². The third-order valence-corrected chi connectivity index (χ3v) is 6.84. The van der Waals surface area contributed by atoms with Gasteiger partial charge < -0.3 is 19.9 Å². The van der Waals surface area contributed by atoms with Crippen molar-refractivity contribution in [2.24, 2.45) is 0 Å².